The second-order valence-corrected chi connectivity index (χ2v) is 3.88. The summed E-state index contributed by atoms with van der Waals surface area (Å²) in [6.45, 7) is 5.94. The lowest BCUT2D eigenvalue weighted by Crippen LogP contribution is -2.22. The third kappa shape index (κ3) is 4.60. The van der Waals surface area contributed by atoms with E-state index >= 15 is 0 Å². The van der Waals surface area contributed by atoms with Gasteiger partial charge in [-0.1, -0.05) is 43.3 Å². The van der Waals surface area contributed by atoms with Crippen molar-refractivity contribution in [3.63, 3.8) is 0 Å². The van der Waals surface area contributed by atoms with Gasteiger partial charge in [0, 0.05) is 13.2 Å². The van der Waals surface area contributed by atoms with Crippen molar-refractivity contribution in [2.45, 2.75) is 26.5 Å². The lowest BCUT2D eigenvalue weighted by molar-refractivity contribution is 0.185. The largest absolute Gasteiger partial charge is 0.380 e. The number of methoxy groups -OCH3 is 1. The molecule has 0 aromatic heterocycles. The molecule has 0 heterocycles. The van der Waals surface area contributed by atoms with Gasteiger partial charge in [0.2, 0.25) is 0 Å². The zero-order chi connectivity index (χ0) is 11.8. The van der Waals surface area contributed by atoms with E-state index in [4.69, 9.17) is 4.74 Å². The Balaban J connectivity index is 2.54. The van der Waals surface area contributed by atoms with Crippen molar-refractivity contribution in [3.05, 3.63) is 41.5 Å². The van der Waals surface area contributed by atoms with Crippen molar-refractivity contribution in [2.24, 2.45) is 0 Å². The van der Waals surface area contributed by atoms with Crippen molar-refractivity contribution in [3.8, 4) is 0 Å². The fourth-order valence-electron chi connectivity index (χ4n) is 1.54. The highest BCUT2D eigenvalue weighted by molar-refractivity contribution is 5.50. The fourth-order valence-corrected chi connectivity index (χ4v) is 1.54. The molecular weight excluding hydrogens is 198 g/mol. The van der Waals surface area contributed by atoms with Crippen LogP contribution in [0.4, 0.5) is 0 Å². The van der Waals surface area contributed by atoms with Crippen LogP contribution in [0.1, 0.15) is 25.0 Å². The highest BCUT2D eigenvalue weighted by Crippen LogP contribution is 2.07. The van der Waals surface area contributed by atoms with Crippen LogP contribution in [-0.2, 0) is 11.3 Å². The van der Waals surface area contributed by atoms with Gasteiger partial charge in [-0.05, 0) is 24.6 Å². The second kappa shape index (κ2) is 7.20. The molecule has 0 bridgehead atoms. The summed E-state index contributed by atoms with van der Waals surface area (Å²) < 4.78 is 5.07. The summed E-state index contributed by atoms with van der Waals surface area (Å²) in [6.07, 6.45) is 4.32. The Morgan fingerprint density at radius 1 is 1.31 bits per heavy atom. The maximum absolute atomic E-state index is 5.07. The first kappa shape index (κ1) is 12.9. The van der Waals surface area contributed by atoms with Crippen LogP contribution < -0.4 is 5.32 Å². The van der Waals surface area contributed by atoms with Gasteiger partial charge in [-0.25, -0.2) is 0 Å². The van der Waals surface area contributed by atoms with E-state index in [1.54, 1.807) is 7.11 Å². The van der Waals surface area contributed by atoms with E-state index in [-0.39, 0.29) is 0 Å². The third-order valence-electron chi connectivity index (χ3n) is 2.39. The van der Waals surface area contributed by atoms with Gasteiger partial charge in [0.25, 0.3) is 0 Å². The van der Waals surface area contributed by atoms with E-state index in [1.807, 2.05) is 0 Å². The van der Waals surface area contributed by atoms with Crippen LogP contribution in [0.2, 0.25) is 0 Å². The number of hydrogen-bond acceptors (Lipinski definition) is 2. The fraction of sp³-hybridized carbons (Fsp3) is 0.429. The zero-order valence-corrected chi connectivity index (χ0v) is 10.4. The molecule has 1 atom stereocenters. The number of ether oxygens (including phenoxy) is 1. The van der Waals surface area contributed by atoms with Crippen molar-refractivity contribution in [2.75, 3.05) is 13.7 Å². The first-order valence-corrected chi connectivity index (χ1v) is 5.75. The van der Waals surface area contributed by atoms with E-state index < -0.39 is 0 Å². The highest BCUT2D eigenvalue weighted by Gasteiger charge is 1.94. The van der Waals surface area contributed by atoms with Gasteiger partial charge in [-0.15, -0.1) is 0 Å². The Hall–Kier alpha value is -1.12. The standard InChI is InChI=1S/C14H21NO/c1-4-15-12(2)5-6-13-7-9-14(10-8-13)11-16-3/h5-10,12,15H,4,11H2,1-3H3/b6-5+. The smallest absolute Gasteiger partial charge is 0.0713 e. The Labute approximate surface area is 98.3 Å². The van der Waals surface area contributed by atoms with Crippen LogP contribution in [0.15, 0.2) is 30.3 Å². The first-order valence-electron chi connectivity index (χ1n) is 5.75. The Bertz CT molecular complexity index is 316. The Kier molecular flexibility index (Phi) is 5.83. The van der Waals surface area contributed by atoms with Gasteiger partial charge in [0.05, 0.1) is 6.61 Å². The first-order chi connectivity index (χ1) is 7.76. The van der Waals surface area contributed by atoms with Gasteiger partial charge < -0.3 is 10.1 Å². The maximum atomic E-state index is 5.07. The molecule has 0 aliphatic rings. The van der Waals surface area contributed by atoms with Crippen molar-refractivity contribution in [1.29, 1.82) is 0 Å². The van der Waals surface area contributed by atoms with Crippen molar-refractivity contribution < 1.29 is 4.74 Å². The minimum Gasteiger partial charge on any atom is -0.380 e. The number of likely N-dealkylation sites (N-methyl/N-ethyl adjacent to an activating group) is 1. The monoisotopic (exact) mass is 219 g/mol. The van der Waals surface area contributed by atoms with E-state index in [9.17, 15) is 0 Å². The second-order valence-electron chi connectivity index (χ2n) is 3.88. The minimum atomic E-state index is 0.420. The molecule has 0 fully saturated rings. The van der Waals surface area contributed by atoms with Gasteiger partial charge in [-0.3, -0.25) is 0 Å². The lowest BCUT2D eigenvalue weighted by Gasteiger charge is -2.06. The van der Waals surface area contributed by atoms with E-state index in [0.717, 1.165) is 6.54 Å². The molecule has 0 saturated carbocycles. The molecular formula is C14H21NO. The predicted molar refractivity (Wildman–Crippen MR) is 69.3 cm³/mol. The van der Waals surface area contributed by atoms with Gasteiger partial charge in [0.15, 0.2) is 0 Å². The van der Waals surface area contributed by atoms with Crippen molar-refractivity contribution in [1.82, 2.24) is 5.32 Å². The summed E-state index contributed by atoms with van der Waals surface area (Å²) in [7, 11) is 1.71. The summed E-state index contributed by atoms with van der Waals surface area (Å²) >= 11 is 0. The van der Waals surface area contributed by atoms with E-state index in [0.29, 0.717) is 12.6 Å². The number of hydrogen-bond donors (Lipinski definition) is 1. The Morgan fingerprint density at radius 3 is 2.56 bits per heavy atom. The van der Waals surface area contributed by atoms with Crippen LogP contribution in [0, 0.1) is 0 Å². The molecule has 1 N–H and O–H groups in total. The summed E-state index contributed by atoms with van der Waals surface area (Å²) in [5.41, 5.74) is 2.43. The maximum Gasteiger partial charge on any atom is 0.0713 e. The van der Waals surface area contributed by atoms with Crippen LogP contribution >= 0.6 is 0 Å². The quantitative estimate of drug-likeness (QED) is 0.794. The topological polar surface area (TPSA) is 21.3 Å². The SMILES string of the molecule is CCNC(C)/C=C/c1ccc(COC)cc1. The summed E-state index contributed by atoms with van der Waals surface area (Å²) in [5, 5.41) is 3.34. The predicted octanol–water partition coefficient (Wildman–Crippen LogP) is 2.84. The van der Waals surface area contributed by atoms with E-state index in [1.165, 1.54) is 11.1 Å². The molecule has 0 saturated heterocycles. The van der Waals surface area contributed by atoms with Crippen LogP contribution in [0.5, 0.6) is 0 Å². The number of rotatable bonds is 6. The van der Waals surface area contributed by atoms with Gasteiger partial charge >= 0.3 is 0 Å². The molecule has 16 heavy (non-hydrogen) atoms. The minimum absolute atomic E-state index is 0.420. The molecule has 0 spiro atoms. The van der Waals surface area contributed by atoms with Crippen molar-refractivity contribution >= 4 is 6.08 Å². The summed E-state index contributed by atoms with van der Waals surface area (Å²) in [6, 6.07) is 8.85. The number of benzene rings is 1. The lowest BCUT2D eigenvalue weighted by atomic mass is 10.1. The number of nitrogens with one attached hydrogen (secondary N) is 1. The molecule has 1 rings (SSSR count). The molecule has 88 valence electrons. The van der Waals surface area contributed by atoms with E-state index in [2.05, 4.69) is 55.6 Å². The molecule has 1 aromatic carbocycles. The van der Waals surface area contributed by atoms with Crippen LogP contribution in [-0.4, -0.2) is 19.7 Å². The molecule has 1 aromatic rings. The summed E-state index contributed by atoms with van der Waals surface area (Å²) in [5.74, 6) is 0. The average Bonchev–Trinajstić information content (AvgIpc) is 2.29. The third-order valence-corrected chi connectivity index (χ3v) is 2.39. The molecule has 0 aliphatic carbocycles. The molecule has 0 aliphatic heterocycles. The highest BCUT2D eigenvalue weighted by atomic mass is 16.5. The molecule has 2 nitrogen and oxygen atoms in total. The molecule has 0 amide bonds. The van der Waals surface area contributed by atoms with Crippen LogP contribution in [0.25, 0.3) is 6.08 Å². The van der Waals surface area contributed by atoms with Gasteiger partial charge in [-0.2, -0.15) is 0 Å². The molecule has 0 radical (unpaired) electrons. The molecule has 1 unspecified atom stereocenters. The molecule has 2 heteroatoms. The van der Waals surface area contributed by atoms with Gasteiger partial charge in [0.1, 0.15) is 0 Å². The summed E-state index contributed by atoms with van der Waals surface area (Å²) in [4.78, 5) is 0. The van der Waals surface area contributed by atoms with Crippen LogP contribution in [0.3, 0.4) is 0 Å². The zero-order valence-electron chi connectivity index (χ0n) is 10.4. The Morgan fingerprint density at radius 2 is 2.00 bits per heavy atom. The average molecular weight is 219 g/mol. The normalized spacial score (nSPS) is 13.2.